The molecule has 1 aliphatic heterocycles. The van der Waals surface area contributed by atoms with Crippen LogP contribution in [0.4, 0.5) is 5.13 Å². The quantitative estimate of drug-likeness (QED) is 0.552. The van der Waals surface area contributed by atoms with Gasteiger partial charge in [-0.3, -0.25) is 4.79 Å². The molecular weight excluding hydrogens is 429 g/mol. The van der Waals surface area contributed by atoms with Gasteiger partial charge in [0.05, 0.1) is 5.56 Å². The van der Waals surface area contributed by atoms with Gasteiger partial charge in [-0.25, -0.2) is 4.98 Å². The summed E-state index contributed by atoms with van der Waals surface area (Å²) in [5.74, 6) is 0.521. The molecule has 3 aromatic rings. The highest BCUT2D eigenvalue weighted by atomic mass is 35.5. The van der Waals surface area contributed by atoms with E-state index in [0.29, 0.717) is 34.4 Å². The number of hydrogen-bond acceptors (Lipinski definition) is 5. The molecule has 4 rings (SSSR count). The monoisotopic (exact) mass is 447 g/mol. The van der Waals surface area contributed by atoms with E-state index in [0.717, 1.165) is 23.8 Å². The first-order valence-corrected chi connectivity index (χ1v) is 10.8. The van der Waals surface area contributed by atoms with Gasteiger partial charge in [-0.2, -0.15) is 0 Å². The molecule has 8 heteroatoms. The van der Waals surface area contributed by atoms with Gasteiger partial charge in [0, 0.05) is 53.4 Å². The Kier molecular flexibility index (Phi) is 6.23. The number of nitrogens with zero attached hydrogens (tertiary/aromatic N) is 3. The molecule has 0 atom stereocenters. The van der Waals surface area contributed by atoms with Gasteiger partial charge in [-0.15, -0.1) is 11.3 Å². The number of amides is 1. The standard InChI is InChI=1S/C21H19Cl2N3O2S/c22-16-6-5-15(18(23)13-16)14-28-19-4-2-1-3-17(19)20(27)25-8-10-26(11-9-25)21-24-7-12-29-21/h1-7,12-13H,8-11,14H2. The molecule has 0 radical (unpaired) electrons. The Balaban J connectivity index is 1.43. The van der Waals surface area contributed by atoms with Crippen molar-refractivity contribution in [2.75, 3.05) is 31.1 Å². The van der Waals surface area contributed by atoms with Crippen LogP contribution in [-0.4, -0.2) is 42.0 Å². The Bertz CT molecular complexity index is 989. The number of aromatic nitrogens is 1. The zero-order valence-corrected chi connectivity index (χ0v) is 17.9. The van der Waals surface area contributed by atoms with Gasteiger partial charge in [0.15, 0.2) is 5.13 Å². The first-order chi connectivity index (χ1) is 14.1. The molecule has 0 saturated carbocycles. The molecule has 0 unspecified atom stereocenters. The van der Waals surface area contributed by atoms with Crippen molar-refractivity contribution in [2.24, 2.45) is 0 Å². The van der Waals surface area contributed by atoms with Crippen LogP contribution >= 0.6 is 34.5 Å². The van der Waals surface area contributed by atoms with Crippen molar-refractivity contribution in [1.29, 1.82) is 0 Å². The minimum atomic E-state index is -0.0263. The van der Waals surface area contributed by atoms with Crippen LogP contribution < -0.4 is 9.64 Å². The lowest BCUT2D eigenvalue weighted by Crippen LogP contribution is -2.48. The third-order valence-electron chi connectivity index (χ3n) is 4.77. The number of halogens is 2. The Morgan fingerprint density at radius 2 is 1.90 bits per heavy atom. The Labute approximate surface area is 183 Å². The average molecular weight is 448 g/mol. The normalized spacial score (nSPS) is 14.1. The third-order valence-corrected chi connectivity index (χ3v) is 6.19. The van der Waals surface area contributed by atoms with Gasteiger partial charge in [-0.05, 0) is 24.3 Å². The molecule has 0 N–H and O–H groups in total. The summed E-state index contributed by atoms with van der Waals surface area (Å²) in [5, 5.41) is 4.08. The van der Waals surface area contributed by atoms with Gasteiger partial charge in [0.25, 0.3) is 5.91 Å². The molecule has 150 valence electrons. The van der Waals surface area contributed by atoms with Gasteiger partial charge >= 0.3 is 0 Å². The van der Waals surface area contributed by atoms with Crippen molar-refractivity contribution in [3.63, 3.8) is 0 Å². The van der Waals surface area contributed by atoms with E-state index in [-0.39, 0.29) is 12.5 Å². The molecule has 1 aliphatic rings. The summed E-state index contributed by atoms with van der Waals surface area (Å²) in [5.41, 5.74) is 1.37. The second-order valence-corrected chi connectivity index (χ2v) is 8.33. The van der Waals surface area contributed by atoms with Crippen LogP contribution in [0.5, 0.6) is 5.75 Å². The predicted molar refractivity (Wildman–Crippen MR) is 117 cm³/mol. The fourth-order valence-electron chi connectivity index (χ4n) is 3.21. The van der Waals surface area contributed by atoms with E-state index >= 15 is 0 Å². The summed E-state index contributed by atoms with van der Waals surface area (Å²) < 4.78 is 5.94. The molecule has 1 fully saturated rings. The number of thiazole rings is 1. The molecular formula is C21H19Cl2N3O2S. The maximum Gasteiger partial charge on any atom is 0.257 e. The van der Waals surface area contributed by atoms with E-state index in [1.807, 2.05) is 34.5 Å². The maximum atomic E-state index is 13.1. The van der Waals surface area contributed by atoms with Crippen LogP contribution in [0.25, 0.3) is 0 Å². The summed E-state index contributed by atoms with van der Waals surface area (Å²) in [6.07, 6.45) is 1.80. The number of ether oxygens (including phenoxy) is 1. The van der Waals surface area contributed by atoms with Crippen molar-refractivity contribution in [1.82, 2.24) is 9.88 Å². The van der Waals surface area contributed by atoms with Crippen molar-refractivity contribution >= 4 is 45.6 Å². The molecule has 2 aromatic carbocycles. The number of para-hydroxylation sites is 1. The summed E-state index contributed by atoms with van der Waals surface area (Å²) in [4.78, 5) is 21.5. The van der Waals surface area contributed by atoms with E-state index in [2.05, 4.69) is 9.88 Å². The van der Waals surface area contributed by atoms with Gasteiger partial charge in [0.1, 0.15) is 12.4 Å². The summed E-state index contributed by atoms with van der Waals surface area (Å²) in [6, 6.07) is 12.6. The Morgan fingerprint density at radius 3 is 2.62 bits per heavy atom. The van der Waals surface area contributed by atoms with Crippen molar-refractivity contribution in [3.8, 4) is 5.75 Å². The smallest absolute Gasteiger partial charge is 0.257 e. The van der Waals surface area contributed by atoms with Crippen LogP contribution in [0.3, 0.4) is 0 Å². The first kappa shape index (κ1) is 20.0. The average Bonchev–Trinajstić information content (AvgIpc) is 3.28. The van der Waals surface area contributed by atoms with E-state index in [1.165, 1.54) is 0 Å². The van der Waals surface area contributed by atoms with Crippen molar-refractivity contribution in [3.05, 3.63) is 75.2 Å². The van der Waals surface area contributed by atoms with Crippen LogP contribution in [0, 0.1) is 0 Å². The van der Waals surface area contributed by atoms with Crippen LogP contribution in [0.15, 0.2) is 54.0 Å². The third kappa shape index (κ3) is 4.66. The van der Waals surface area contributed by atoms with E-state index < -0.39 is 0 Å². The van der Waals surface area contributed by atoms with Crippen molar-refractivity contribution in [2.45, 2.75) is 6.61 Å². The number of benzene rings is 2. The zero-order chi connectivity index (χ0) is 20.2. The van der Waals surface area contributed by atoms with Gasteiger partial charge < -0.3 is 14.5 Å². The van der Waals surface area contributed by atoms with Crippen LogP contribution in [0.1, 0.15) is 15.9 Å². The number of carbonyl (C=O) groups excluding carboxylic acids is 1. The van der Waals surface area contributed by atoms with Crippen LogP contribution in [-0.2, 0) is 6.61 Å². The highest BCUT2D eigenvalue weighted by molar-refractivity contribution is 7.13. The lowest BCUT2D eigenvalue weighted by molar-refractivity contribution is 0.0742. The number of hydrogen-bond donors (Lipinski definition) is 0. The Hall–Kier alpha value is -2.28. The fourth-order valence-corrected chi connectivity index (χ4v) is 4.37. The van der Waals surface area contributed by atoms with Gasteiger partial charge in [-0.1, -0.05) is 41.4 Å². The minimum absolute atomic E-state index is 0.0263. The van der Waals surface area contributed by atoms with Gasteiger partial charge in [0.2, 0.25) is 0 Å². The fraction of sp³-hybridized carbons (Fsp3) is 0.238. The highest BCUT2D eigenvalue weighted by Gasteiger charge is 2.25. The molecule has 5 nitrogen and oxygen atoms in total. The summed E-state index contributed by atoms with van der Waals surface area (Å²) in [6.45, 7) is 3.09. The molecule has 1 amide bonds. The van der Waals surface area contributed by atoms with Crippen LogP contribution in [0.2, 0.25) is 10.0 Å². The molecule has 0 spiro atoms. The molecule has 1 saturated heterocycles. The largest absolute Gasteiger partial charge is 0.488 e. The van der Waals surface area contributed by atoms with Crippen molar-refractivity contribution < 1.29 is 9.53 Å². The molecule has 1 aromatic heterocycles. The number of piperazine rings is 1. The second kappa shape index (κ2) is 9.03. The van der Waals surface area contributed by atoms with E-state index in [9.17, 15) is 4.79 Å². The SMILES string of the molecule is O=C(c1ccccc1OCc1ccc(Cl)cc1Cl)N1CCN(c2nccs2)CC1. The highest BCUT2D eigenvalue weighted by Crippen LogP contribution is 2.26. The summed E-state index contributed by atoms with van der Waals surface area (Å²) >= 11 is 13.8. The Morgan fingerprint density at radius 1 is 1.10 bits per heavy atom. The number of anilines is 1. The molecule has 0 bridgehead atoms. The number of carbonyl (C=O) groups is 1. The minimum Gasteiger partial charge on any atom is -0.488 e. The van der Waals surface area contributed by atoms with E-state index in [4.69, 9.17) is 27.9 Å². The molecule has 2 heterocycles. The number of rotatable bonds is 5. The molecule has 29 heavy (non-hydrogen) atoms. The topological polar surface area (TPSA) is 45.7 Å². The second-order valence-electron chi connectivity index (χ2n) is 6.61. The zero-order valence-electron chi connectivity index (χ0n) is 15.6. The van der Waals surface area contributed by atoms with E-state index in [1.54, 1.807) is 35.7 Å². The lowest BCUT2D eigenvalue weighted by atomic mass is 10.1. The maximum absolute atomic E-state index is 13.1. The summed E-state index contributed by atoms with van der Waals surface area (Å²) in [7, 11) is 0. The predicted octanol–water partition coefficient (Wildman–Crippen LogP) is 4.99. The molecule has 0 aliphatic carbocycles. The first-order valence-electron chi connectivity index (χ1n) is 9.21. The lowest BCUT2D eigenvalue weighted by Gasteiger charge is -2.34.